The molecule has 2 aliphatic heterocycles. The molecule has 2 atom stereocenters. The van der Waals surface area contributed by atoms with Gasteiger partial charge in [-0.1, -0.05) is 42.0 Å². The number of ether oxygens (including phenoxy) is 1. The SMILES string of the molecule is CCOC(=O)C1=NN[C@@]2(c3ccc(C)cc3)C(=O)N(c3ccccc3Br)C(=O)[C@@H]12. The predicted molar refractivity (Wildman–Crippen MR) is 110 cm³/mol. The van der Waals surface area contributed by atoms with Crippen LogP contribution in [0.3, 0.4) is 0 Å². The fraction of sp³-hybridized carbons (Fsp3) is 0.238. The van der Waals surface area contributed by atoms with E-state index in [1.165, 1.54) is 0 Å². The molecule has 8 heteroatoms. The molecule has 2 aromatic carbocycles. The zero-order valence-electron chi connectivity index (χ0n) is 15.8. The molecule has 1 N–H and O–H groups in total. The van der Waals surface area contributed by atoms with E-state index >= 15 is 0 Å². The molecule has 0 aromatic heterocycles. The highest BCUT2D eigenvalue weighted by Gasteiger charge is 2.67. The largest absolute Gasteiger partial charge is 0.461 e. The third-order valence-electron chi connectivity index (χ3n) is 5.15. The normalized spacial score (nSPS) is 22.9. The van der Waals surface area contributed by atoms with Crippen molar-refractivity contribution in [2.24, 2.45) is 11.0 Å². The number of anilines is 1. The monoisotopic (exact) mass is 455 g/mol. The quantitative estimate of drug-likeness (QED) is 0.565. The summed E-state index contributed by atoms with van der Waals surface area (Å²) in [6.45, 7) is 3.73. The van der Waals surface area contributed by atoms with Gasteiger partial charge in [0, 0.05) is 4.47 Å². The number of imide groups is 1. The zero-order chi connectivity index (χ0) is 20.8. The number of carbonyl (C=O) groups is 3. The number of benzene rings is 2. The van der Waals surface area contributed by atoms with Gasteiger partial charge in [-0.2, -0.15) is 5.10 Å². The van der Waals surface area contributed by atoms with Gasteiger partial charge >= 0.3 is 5.97 Å². The number of aryl methyl sites for hydroxylation is 1. The third kappa shape index (κ3) is 2.78. The molecule has 1 fully saturated rings. The molecular weight excluding hydrogens is 438 g/mol. The summed E-state index contributed by atoms with van der Waals surface area (Å²) in [6, 6.07) is 14.2. The molecule has 2 amide bonds. The van der Waals surface area contributed by atoms with Crippen molar-refractivity contribution in [3.8, 4) is 0 Å². The summed E-state index contributed by atoms with van der Waals surface area (Å²) >= 11 is 3.41. The fourth-order valence-corrected chi connectivity index (χ4v) is 4.22. The van der Waals surface area contributed by atoms with E-state index in [-0.39, 0.29) is 12.3 Å². The summed E-state index contributed by atoms with van der Waals surface area (Å²) in [6.07, 6.45) is 0. The number of fused-ring (bicyclic) bond motifs is 1. The van der Waals surface area contributed by atoms with E-state index in [1.54, 1.807) is 43.3 Å². The van der Waals surface area contributed by atoms with Crippen LogP contribution in [-0.4, -0.2) is 30.1 Å². The lowest BCUT2D eigenvalue weighted by molar-refractivity contribution is -0.136. The molecule has 0 radical (unpaired) electrons. The number of hydrogen-bond donors (Lipinski definition) is 1. The van der Waals surface area contributed by atoms with Crippen molar-refractivity contribution in [1.82, 2.24) is 5.43 Å². The molecule has 148 valence electrons. The van der Waals surface area contributed by atoms with Crippen molar-refractivity contribution < 1.29 is 19.1 Å². The Kier molecular flexibility index (Phi) is 4.74. The molecule has 2 heterocycles. The standard InChI is InChI=1S/C21H18BrN3O4/c1-3-29-19(27)17-16-18(26)25(15-7-5-4-6-14(15)22)20(28)21(16,24-23-17)13-10-8-12(2)9-11-13/h4-11,16,24H,3H2,1-2H3/t16-,21-/m1/s1. The summed E-state index contributed by atoms with van der Waals surface area (Å²) in [7, 11) is 0. The lowest BCUT2D eigenvalue weighted by Crippen LogP contribution is -2.48. The Hall–Kier alpha value is -3.00. The predicted octanol–water partition coefficient (Wildman–Crippen LogP) is 2.66. The number of para-hydroxylation sites is 1. The Morgan fingerprint density at radius 3 is 2.55 bits per heavy atom. The molecule has 0 aliphatic carbocycles. The molecule has 0 bridgehead atoms. The van der Waals surface area contributed by atoms with Crippen molar-refractivity contribution in [3.05, 3.63) is 64.1 Å². The van der Waals surface area contributed by atoms with Gasteiger partial charge in [0.2, 0.25) is 5.91 Å². The number of hydrogen-bond acceptors (Lipinski definition) is 6. The molecule has 2 aromatic rings. The number of rotatable bonds is 4. The second kappa shape index (κ2) is 7.11. The maximum atomic E-state index is 13.7. The van der Waals surface area contributed by atoms with Gasteiger partial charge in [-0.15, -0.1) is 0 Å². The fourth-order valence-electron chi connectivity index (χ4n) is 3.76. The van der Waals surface area contributed by atoms with Gasteiger partial charge in [0.15, 0.2) is 11.3 Å². The summed E-state index contributed by atoms with van der Waals surface area (Å²) in [5, 5.41) is 4.07. The maximum Gasteiger partial charge on any atom is 0.355 e. The van der Waals surface area contributed by atoms with Crippen molar-refractivity contribution >= 4 is 45.1 Å². The smallest absolute Gasteiger partial charge is 0.355 e. The van der Waals surface area contributed by atoms with Crippen molar-refractivity contribution in [2.45, 2.75) is 19.4 Å². The highest BCUT2D eigenvalue weighted by molar-refractivity contribution is 9.10. The average molecular weight is 456 g/mol. The topological polar surface area (TPSA) is 88.1 Å². The van der Waals surface area contributed by atoms with Gasteiger partial charge in [-0.25, -0.2) is 9.69 Å². The van der Waals surface area contributed by atoms with Crippen molar-refractivity contribution in [2.75, 3.05) is 11.5 Å². The highest BCUT2D eigenvalue weighted by Crippen LogP contribution is 2.46. The summed E-state index contributed by atoms with van der Waals surface area (Å²) in [4.78, 5) is 40.8. The third-order valence-corrected chi connectivity index (χ3v) is 5.82. The molecule has 29 heavy (non-hydrogen) atoms. The summed E-state index contributed by atoms with van der Waals surface area (Å²) in [5.41, 5.74) is 3.20. The van der Waals surface area contributed by atoms with Crippen LogP contribution in [0.15, 0.2) is 58.1 Å². The van der Waals surface area contributed by atoms with Crippen LogP contribution < -0.4 is 10.3 Å². The number of carbonyl (C=O) groups excluding carboxylic acids is 3. The van der Waals surface area contributed by atoms with Gasteiger partial charge in [-0.3, -0.25) is 15.0 Å². The van der Waals surface area contributed by atoms with Crippen LogP contribution in [0.4, 0.5) is 5.69 Å². The average Bonchev–Trinajstić information content (AvgIpc) is 3.20. The van der Waals surface area contributed by atoms with E-state index in [1.807, 2.05) is 19.1 Å². The van der Waals surface area contributed by atoms with Crippen LogP contribution in [-0.2, 0) is 24.7 Å². The minimum atomic E-state index is -1.50. The second-order valence-electron chi connectivity index (χ2n) is 6.87. The number of halogens is 1. The lowest BCUT2D eigenvalue weighted by atomic mass is 9.78. The molecule has 0 saturated carbocycles. The van der Waals surface area contributed by atoms with Gasteiger partial charge in [0.1, 0.15) is 5.92 Å². The van der Waals surface area contributed by atoms with E-state index in [0.29, 0.717) is 15.7 Å². The molecule has 7 nitrogen and oxygen atoms in total. The van der Waals surface area contributed by atoms with Crippen LogP contribution in [0.2, 0.25) is 0 Å². The Morgan fingerprint density at radius 1 is 1.21 bits per heavy atom. The molecule has 4 rings (SSSR count). The Morgan fingerprint density at radius 2 is 1.90 bits per heavy atom. The number of esters is 1. The minimum Gasteiger partial charge on any atom is -0.461 e. The zero-order valence-corrected chi connectivity index (χ0v) is 17.4. The second-order valence-corrected chi connectivity index (χ2v) is 7.72. The van der Waals surface area contributed by atoms with E-state index in [2.05, 4.69) is 26.5 Å². The Bertz CT molecular complexity index is 1050. The van der Waals surface area contributed by atoms with Gasteiger partial charge in [0.05, 0.1) is 12.3 Å². The first-order valence-corrected chi connectivity index (χ1v) is 9.93. The van der Waals surface area contributed by atoms with E-state index in [0.717, 1.165) is 10.5 Å². The van der Waals surface area contributed by atoms with Crippen LogP contribution in [0, 0.1) is 12.8 Å². The van der Waals surface area contributed by atoms with E-state index in [9.17, 15) is 14.4 Å². The highest BCUT2D eigenvalue weighted by atomic mass is 79.9. The summed E-state index contributed by atoms with van der Waals surface area (Å²) < 4.78 is 5.67. The number of nitrogens with zero attached hydrogens (tertiary/aromatic N) is 2. The first-order valence-electron chi connectivity index (χ1n) is 9.13. The number of hydrazone groups is 1. The number of amides is 2. The van der Waals surface area contributed by atoms with Crippen LogP contribution in [0.25, 0.3) is 0 Å². The first-order chi connectivity index (χ1) is 13.9. The van der Waals surface area contributed by atoms with Crippen molar-refractivity contribution in [3.63, 3.8) is 0 Å². The Labute approximate surface area is 175 Å². The molecular formula is C21H18BrN3O4. The maximum absolute atomic E-state index is 13.7. The van der Waals surface area contributed by atoms with Crippen LogP contribution in [0.5, 0.6) is 0 Å². The van der Waals surface area contributed by atoms with E-state index in [4.69, 9.17) is 4.74 Å². The van der Waals surface area contributed by atoms with Crippen LogP contribution in [0.1, 0.15) is 18.1 Å². The molecule has 0 unspecified atom stereocenters. The minimum absolute atomic E-state index is 0.0969. The summed E-state index contributed by atoms with van der Waals surface area (Å²) in [5.74, 6) is -2.86. The molecule has 2 aliphatic rings. The Balaban J connectivity index is 1.89. The van der Waals surface area contributed by atoms with E-state index < -0.39 is 29.2 Å². The lowest BCUT2D eigenvalue weighted by Gasteiger charge is -2.26. The van der Waals surface area contributed by atoms with Gasteiger partial charge in [0.25, 0.3) is 5.91 Å². The first kappa shape index (κ1) is 19.3. The molecule has 1 saturated heterocycles. The van der Waals surface area contributed by atoms with Gasteiger partial charge in [-0.05, 0) is 47.5 Å². The number of nitrogens with one attached hydrogen (secondary N) is 1. The van der Waals surface area contributed by atoms with Gasteiger partial charge < -0.3 is 4.74 Å². The van der Waals surface area contributed by atoms with Crippen LogP contribution >= 0.6 is 15.9 Å². The molecule has 0 spiro atoms. The van der Waals surface area contributed by atoms with Crippen molar-refractivity contribution in [1.29, 1.82) is 0 Å².